The molecule has 0 saturated heterocycles. The predicted octanol–water partition coefficient (Wildman–Crippen LogP) is 3.47. The molecule has 1 aromatic carbocycles. The van der Waals surface area contributed by atoms with Crippen LogP contribution in [0.3, 0.4) is 0 Å². The molecule has 2 rings (SSSR count). The Kier molecular flexibility index (Phi) is 5.82. The SMILES string of the molecule is CCCNC(Cc1ccccc1OC)c1c(Br)cnn1C. The second kappa shape index (κ2) is 7.61. The maximum atomic E-state index is 5.47. The highest BCUT2D eigenvalue weighted by atomic mass is 79.9. The van der Waals surface area contributed by atoms with Crippen LogP contribution in [0.5, 0.6) is 5.75 Å². The summed E-state index contributed by atoms with van der Waals surface area (Å²) in [4.78, 5) is 0. The maximum Gasteiger partial charge on any atom is 0.122 e. The van der Waals surface area contributed by atoms with Crippen molar-refractivity contribution < 1.29 is 4.74 Å². The standard InChI is InChI=1S/C16H22BrN3O/c1-4-9-18-14(16-13(17)11-19-20(16)2)10-12-7-5-6-8-15(12)21-3/h5-8,11,14,18H,4,9-10H2,1-3H3. The third-order valence-electron chi connectivity index (χ3n) is 3.52. The normalized spacial score (nSPS) is 12.4. The fourth-order valence-electron chi connectivity index (χ4n) is 2.49. The van der Waals surface area contributed by atoms with E-state index in [-0.39, 0.29) is 6.04 Å². The van der Waals surface area contributed by atoms with Gasteiger partial charge in [-0.25, -0.2) is 0 Å². The first-order valence-corrected chi connectivity index (χ1v) is 7.99. The Hall–Kier alpha value is -1.33. The summed E-state index contributed by atoms with van der Waals surface area (Å²) in [6.07, 6.45) is 3.80. The molecule has 4 nitrogen and oxygen atoms in total. The van der Waals surface area contributed by atoms with Crippen LogP contribution in [0.4, 0.5) is 0 Å². The number of ether oxygens (including phenoxy) is 1. The predicted molar refractivity (Wildman–Crippen MR) is 88.6 cm³/mol. The molecule has 1 atom stereocenters. The van der Waals surface area contributed by atoms with E-state index in [0.29, 0.717) is 0 Å². The summed E-state index contributed by atoms with van der Waals surface area (Å²) in [6, 6.07) is 8.36. The molecule has 0 spiro atoms. The lowest BCUT2D eigenvalue weighted by Gasteiger charge is -2.21. The van der Waals surface area contributed by atoms with Crippen LogP contribution in [0.2, 0.25) is 0 Å². The molecule has 114 valence electrons. The van der Waals surface area contributed by atoms with E-state index in [1.807, 2.05) is 36.1 Å². The number of rotatable bonds is 7. The summed E-state index contributed by atoms with van der Waals surface area (Å²) in [5.74, 6) is 0.930. The number of halogens is 1. The molecule has 2 aromatic rings. The number of benzene rings is 1. The Bertz CT molecular complexity index is 563. The van der Waals surface area contributed by atoms with Gasteiger partial charge < -0.3 is 10.1 Å². The second-order valence-corrected chi connectivity index (χ2v) is 5.88. The number of aryl methyl sites for hydroxylation is 1. The summed E-state index contributed by atoms with van der Waals surface area (Å²) in [5.41, 5.74) is 2.36. The van der Waals surface area contributed by atoms with Gasteiger partial charge >= 0.3 is 0 Å². The number of hydrogen-bond donors (Lipinski definition) is 1. The fraction of sp³-hybridized carbons (Fsp3) is 0.438. The molecule has 5 heteroatoms. The molecule has 1 heterocycles. The van der Waals surface area contributed by atoms with Crippen LogP contribution in [0.1, 0.15) is 30.6 Å². The maximum absolute atomic E-state index is 5.47. The number of hydrogen-bond acceptors (Lipinski definition) is 3. The molecule has 0 aliphatic rings. The van der Waals surface area contributed by atoms with Crippen molar-refractivity contribution in [3.05, 3.63) is 46.2 Å². The van der Waals surface area contributed by atoms with Crippen LogP contribution in [0, 0.1) is 0 Å². The summed E-state index contributed by atoms with van der Waals surface area (Å²) < 4.78 is 8.43. The Morgan fingerprint density at radius 3 is 2.76 bits per heavy atom. The van der Waals surface area contributed by atoms with Gasteiger partial charge in [-0.05, 0) is 46.9 Å². The van der Waals surface area contributed by atoms with Crippen LogP contribution in [0.25, 0.3) is 0 Å². The van der Waals surface area contributed by atoms with E-state index < -0.39 is 0 Å². The zero-order valence-corrected chi connectivity index (χ0v) is 14.4. The van der Waals surface area contributed by atoms with E-state index in [9.17, 15) is 0 Å². The van der Waals surface area contributed by atoms with Gasteiger partial charge in [-0.15, -0.1) is 0 Å². The molecule has 0 radical (unpaired) electrons. The van der Waals surface area contributed by atoms with Gasteiger partial charge in [0.2, 0.25) is 0 Å². The number of para-hydroxylation sites is 1. The van der Waals surface area contributed by atoms with E-state index in [0.717, 1.165) is 35.3 Å². The third kappa shape index (κ3) is 3.86. The van der Waals surface area contributed by atoms with Crippen molar-refractivity contribution in [3.8, 4) is 5.75 Å². The van der Waals surface area contributed by atoms with Gasteiger partial charge in [-0.3, -0.25) is 4.68 Å². The summed E-state index contributed by atoms with van der Waals surface area (Å²) in [6.45, 7) is 3.14. The minimum absolute atomic E-state index is 0.197. The van der Waals surface area contributed by atoms with Gasteiger partial charge in [0.1, 0.15) is 5.75 Å². The number of aromatic nitrogens is 2. The molecule has 21 heavy (non-hydrogen) atoms. The molecule has 1 aromatic heterocycles. The van der Waals surface area contributed by atoms with Crippen molar-refractivity contribution in [3.63, 3.8) is 0 Å². The molecule has 1 N–H and O–H groups in total. The molecule has 0 saturated carbocycles. The van der Waals surface area contributed by atoms with Crippen LogP contribution in [-0.2, 0) is 13.5 Å². The zero-order valence-electron chi connectivity index (χ0n) is 12.8. The Labute approximate surface area is 134 Å². The molecule has 0 amide bonds. The Morgan fingerprint density at radius 2 is 2.14 bits per heavy atom. The lowest BCUT2D eigenvalue weighted by atomic mass is 10.0. The zero-order chi connectivity index (χ0) is 15.2. The largest absolute Gasteiger partial charge is 0.496 e. The monoisotopic (exact) mass is 351 g/mol. The number of nitrogens with zero attached hydrogens (tertiary/aromatic N) is 2. The minimum Gasteiger partial charge on any atom is -0.496 e. The van der Waals surface area contributed by atoms with Gasteiger partial charge in [-0.2, -0.15) is 5.10 Å². The topological polar surface area (TPSA) is 39.1 Å². The first-order chi connectivity index (χ1) is 10.2. The van der Waals surface area contributed by atoms with Crippen molar-refractivity contribution in [2.24, 2.45) is 7.05 Å². The van der Waals surface area contributed by atoms with Crippen molar-refractivity contribution in [2.45, 2.75) is 25.8 Å². The van der Waals surface area contributed by atoms with E-state index in [4.69, 9.17) is 4.74 Å². The minimum atomic E-state index is 0.197. The summed E-state index contributed by atoms with van der Waals surface area (Å²) in [7, 11) is 3.69. The van der Waals surface area contributed by atoms with Gasteiger partial charge in [0.15, 0.2) is 0 Å². The fourth-order valence-corrected chi connectivity index (χ4v) is 3.11. The average Bonchev–Trinajstić information content (AvgIpc) is 2.83. The van der Waals surface area contributed by atoms with E-state index in [1.165, 1.54) is 5.56 Å². The first kappa shape index (κ1) is 16.0. The average molecular weight is 352 g/mol. The van der Waals surface area contributed by atoms with Crippen molar-refractivity contribution in [1.29, 1.82) is 0 Å². The lowest BCUT2D eigenvalue weighted by molar-refractivity contribution is 0.403. The Balaban J connectivity index is 2.28. The highest BCUT2D eigenvalue weighted by molar-refractivity contribution is 9.10. The van der Waals surface area contributed by atoms with Crippen LogP contribution >= 0.6 is 15.9 Å². The summed E-state index contributed by atoms with van der Waals surface area (Å²) in [5, 5.41) is 7.93. The van der Waals surface area contributed by atoms with Gasteiger partial charge in [0.05, 0.1) is 29.5 Å². The highest BCUT2D eigenvalue weighted by Gasteiger charge is 2.20. The number of methoxy groups -OCH3 is 1. The van der Waals surface area contributed by atoms with Gasteiger partial charge in [0, 0.05) is 7.05 Å². The quantitative estimate of drug-likeness (QED) is 0.829. The molecule has 0 aliphatic heterocycles. The van der Waals surface area contributed by atoms with Crippen LogP contribution in [-0.4, -0.2) is 23.4 Å². The van der Waals surface area contributed by atoms with Crippen LogP contribution < -0.4 is 10.1 Å². The molecule has 0 fully saturated rings. The van der Waals surface area contributed by atoms with Crippen molar-refractivity contribution in [1.82, 2.24) is 15.1 Å². The molecular weight excluding hydrogens is 330 g/mol. The van der Waals surface area contributed by atoms with Crippen molar-refractivity contribution in [2.75, 3.05) is 13.7 Å². The second-order valence-electron chi connectivity index (χ2n) is 5.02. The third-order valence-corrected chi connectivity index (χ3v) is 4.14. The van der Waals surface area contributed by atoms with Gasteiger partial charge in [-0.1, -0.05) is 25.1 Å². The van der Waals surface area contributed by atoms with Crippen molar-refractivity contribution >= 4 is 15.9 Å². The highest BCUT2D eigenvalue weighted by Crippen LogP contribution is 2.28. The smallest absolute Gasteiger partial charge is 0.122 e. The molecular formula is C16H22BrN3O. The lowest BCUT2D eigenvalue weighted by Crippen LogP contribution is -2.26. The number of nitrogens with one attached hydrogen (secondary N) is 1. The molecule has 0 aliphatic carbocycles. The molecule has 0 bridgehead atoms. The first-order valence-electron chi connectivity index (χ1n) is 7.20. The molecule has 1 unspecified atom stereocenters. The Morgan fingerprint density at radius 1 is 1.38 bits per heavy atom. The summed E-state index contributed by atoms with van der Waals surface area (Å²) >= 11 is 3.60. The van der Waals surface area contributed by atoms with Crippen LogP contribution in [0.15, 0.2) is 34.9 Å². The van der Waals surface area contributed by atoms with E-state index in [2.05, 4.69) is 39.3 Å². The van der Waals surface area contributed by atoms with E-state index in [1.54, 1.807) is 7.11 Å². The van der Waals surface area contributed by atoms with E-state index >= 15 is 0 Å². The van der Waals surface area contributed by atoms with Gasteiger partial charge in [0.25, 0.3) is 0 Å².